The Hall–Kier alpha value is -4.63. The lowest BCUT2D eigenvalue weighted by Crippen LogP contribution is -2.46. The molecule has 2 fully saturated rings. The predicted molar refractivity (Wildman–Crippen MR) is 258 cm³/mol. The van der Waals surface area contributed by atoms with Crippen molar-refractivity contribution in [2.75, 3.05) is 65.9 Å². The summed E-state index contributed by atoms with van der Waals surface area (Å²) in [5, 5.41) is 7.52. The molecular weight excluding hydrogens is 849 g/mol. The molecular formula is C50H66N4O8S2. The summed E-state index contributed by atoms with van der Waals surface area (Å²) < 4.78 is 26.6. The number of likely N-dealkylation sites (tertiary alicyclic amines) is 1. The van der Waals surface area contributed by atoms with Gasteiger partial charge in [0, 0.05) is 60.4 Å². The molecule has 0 amide bonds. The molecule has 2 saturated heterocycles. The zero-order chi connectivity index (χ0) is 45.7. The summed E-state index contributed by atoms with van der Waals surface area (Å²) >= 11 is 3.68. The van der Waals surface area contributed by atoms with Crippen molar-refractivity contribution in [2.45, 2.75) is 96.4 Å². The third-order valence-corrected chi connectivity index (χ3v) is 15.2. The average Bonchev–Trinajstić information content (AvgIpc) is 3.83. The first-order chi connectivity index (χ1) is 31.0. The second-order valence-electron chi connectivity index (χ2n) is 17.0. The SMILES string of the molecule is CCOC(=O)C1(CCCn2c(=O)cc(C)c3ccc(OC)cc32)CCN(CCSc2cccs2)CC1.CCOC(=O)C1(CCCn2c(=O)cc(C)c3ccc(OC)cc32)CCNCC1. The number of aryl methyl sites for hydroxylation is 4. The molecule has 0 saturated carbocycles. The molecule has 5 aromatic rings. The Labute approximate surface area is 385 Å². The number of fused-ring (bicyclic) bond motifs is 2. The van der Waals surface area contributed by atoms with E-state index in [1.165, 1.54) is 4.21 Å². The van der Waals surface area contributed by atoms with E-state index in [4.69, 9.17) is 18.9 Å². The van der Waals surface area contributed by atoms with Gasteiger partial charge in [0.15, 0.2) is 0 Å². The number of piperidine rings is 2. The first-order valence-corrected chi connectivity index (χ1v) is 24.6. The number of benzene rings is 2. The number of hydrogen-bond acceptors (Lipinski definition) is 12. The number of ether oxygens (including phenoxy) is 4. The molecule has 0 bridgehead atoms. The number of thiophene rings is 1. The zero-order valence-electron chi connectivity index (χ0n) is 38.5. The van der Waals surface area contributed by atoms with Crippen LogP contribution in [0.3, 0.4) is 0 Å². The lowest BCUT2D eigenvalue weighted by atomic mass is 9.74. The molecule has 12 nitrogen and oxygen atoms in total. The maximum Gasteiger partial charge on any atom is 0.312 e. The summed E-state index contributed by atoms with van der Waals surface area (Å²) in [6, 6.07) is 19.3. The van der Waals surface area contributed by atoms with Gasteiger partial charge in [0.1, 0.15) is 11.5 Å². The number of nitrogens with zero attached hydrogens (tertiary/aromatic N) is 3. The molecule has 2 aromatic carbocycles. The number of thioether (sulfide) groups is 1. The van der Waals surface area contributed by atoms with Crippen LogP contribution in [0.25, 0.3) is 21.8 Å². The van der Waals surface area contributed by atoms with Crippen molar-refractivity contribution >= 4 is 56.8 Å². The number of esters is 2. The molecule has 0 atom stereocenters. The second-order valence-corrected chi connectivity index (χ2v) is 19.3. The predicted octanol–water partition coefficient (Wildman–Crippen LogP) is 8.63. The number of aromatic nitrogens is 2. The monoisotopic (exact) mass is 914 g/mol. The smallest absolute Gasteiger partial charge is 0.312 e. The standard InChI is InChI=1S/C28H36N2O4S2.C22H30N2O4/c1-4-34-27(32)28(11-14-29(15-12-28)16-18-36-26-7-5-17-35-26)10-6-13-30-24-20-22(33-3)8-9-23(24)21(2)19-25(30)31;1-4-28-21(26)22(9-11-23-12-10-22)8-5-13-24-19-15-17(27-3)6-7-18(19)16(2)14-20(24)25/h5,7-9,17,19-20H,4,6,10-16,18H2,1-3H3;6-7,14-15,23H,4-5,8-13H2,1-3H3. The summed E-state index contributed by atoms with van der Waals surface area (Å²) in [5.41, 5.74) is 2.72. The summed E-state index contributed by atoms with van der Waals surface area (Å²) in [4.78, 5) is 53.8. The summed E-state index contributed by atoms with van der Waals surface area (Å²) in [5.74, 6) is 2.33. The fraction of sp³-hybridized carbons (Fsp3) is 0.520. The van der Waals surface area contributed by atoms with Crippen LogP contribution >= 0.6 is 23.1 Å². The van der Waals surface area contributed by atoms with Crippen molar-refractivity contribution in [3.8, 4) is 11.5 Å². The van der Waals surface area contributed by atoms with E-state index < -0.39 is 10.8 Å². The summed E-state index contributed by atoms with van der Waals surface area (Å²) in [6.07, 6.45) is 6.08. The Balaban J connectivity index is 0.000000219. The number of carbonyl (C=O) groups excluding carboxylic acids is 2. The third kappa shape index (κ3) is 11.8. The minimum absolute atomic E-state index is 0.0171. The summed E-state index contributed by atoms with van der Waals surface area (Å²) in [6.45, 7) is 14.0. The highest BCUT2D eigenvalue weighted by Gasteiger charge is 2.42. The van der Waals surface area contributed by atoms with Crippen LogP contribution < -0.4 is 25.9 Å². The maximum atomic E-state index is 13.1. The highest BCUT2D eigenvalue weighted by atomic mass is 32.2. The molecule has 5 heterocycles. The van der Waals surface area contributed by atoms with Crippen molar-refractivity contribution < 1.29 is 28.5 Å². The van der Waals surface area contributed by atoms with Crippen LogP contribution in [0, 0.1) is 24.7 Å². The highest BCUT2D eigenvalue weighted by Crippen LogP contribution is 2.39. The molecule has 14 heteroatoms. The lowest BCUT2D eigenvalue weighted by Gasteiger charge is -2.40. The molecule has 346 valence electrons. The van der Waals surface area contributed by atoms with Crippen LogP contribution in [0.2, 0.25) is 0 Å². The number of methoxy groups -OCH3 is 2. The van der Waals surface area contributed by atoms with Gasteiger partial charge in [-0.3, -0.25) is 19.2 Å². The van der Waals surface area contributed by atoms with Gasteiger partial charge >= 0.3 is 11.9 Å². The van der Waals surface area contributed by atoms with Crippen LogP contribution in [0.5, 0.6) is 11.5 Å². The molecule has 0 radical (unpaired) electrons. The van der Waals surface area contributed by atoms with Crippen LogP contribution in [0.1, 0.15) is 76.3 Å². The molecule has 0 spiro atoms. The minimum atomic E-state index is -0.477. The summed E-state index contributed by atoms with van der Waals surface area (Å²) in [7, 11) is 3.26. The number of pyridine rings is 2. The molecule has 2 aliphatic rings. The average molecular weight is 915 g/mol. The van der Waals surface area contributed by atoms with Gasteiger partial charge in [-0.05, 0) is 152 Å². The molecule has 0 unspecified atom stereocenters. The number of nitrogens with one attached hydrogen (secondary N) is 1. The van der Waals surface area contributed by atoms with Crippen molar-refractivity contribution in [1.82, 2.24) is 19.4 Å². The van der Waals surface area contributed by atoms with Gasteiger partial charge in [-0.15, -0.1) is 23.1 Å². The fourth-order valence-electron chi connectivity index (χ4n) is 9.33. The Morgan fingerprint density at radius 3 is 1.66 bits per heavy atom. The van der Waals surface area contributed by atoms with E-state index in [0.29, 0.717) is 26.3 Å². The van der Waals surface area contributed by atoms with Gasteiger partial charge in [0.25, 0.3) is 11.1 Å². The maximum absolute atomic E-state index is 13.1. The Morgan fingerprint density at radius 1 is 0.703 bits per heavy atom. The lowest BCUT2D eigenvalue weighted by molar-refractivity contribution is -0.159. The second kappa shape index (κ2) is 23.0. The third-order valence-electron chi connectivity index (χ3n) is 13.1. The topological polar surface area (TPSA) is 130 Å². The van der Waals surface area contributed by atoms with Gasteiger partial charge in [-0.1, -0.05) is 6.07 Å². The van der Waals surface area contributed by atoms with Gasteiger partial charge in [-0.25, -0.2) is 0 Å². The largest absolute Gasteiger partial charge is 0.497 e. The molecule has 7 rings (SSSR count). The van der Waals surface area contributed by atoms with E-state index in [2.05, 4.69) is 27.7 Å². The van der Waals surface area contributed by atoms with Gasteiger partial charge in [0.05, 0.1) is 53.5 Å². The molecule has 0 aliphatic carbocycles. The quantitative estimate of drug-likeness (QED) is 0.0670. The van der Waals surface area contributed by atoms with E-state index in [1.54, 1.807) is 42.3 Å². The Kier molecular flexibility index (Phi) is 17.6. The van der Waals surface area contributed by atoms with Crippen molar-refractivity contribution in [3.05, 3.63) is 97.9 Å². The van der Waals surface area contributed by atoms with Crippen LogP contribution in [0.15, 0.2) is 79.8 Å². The van der Waals surface area contributed by atoms with Gasteiger partial charge < -0.3 is 38.3 Å². The van der Waals surface area contributed by atoms with Crippen molar-refractivity contribution in [2.24, 2.45) is 10.8 Å². The first kappa shape index (κ1) is 48.8. The normalized spacial score (nSPS) is 15.9. The van der Waals surface area contributed by atoms with E-state index in [1.807, 2.05) is 80.4 Å². The Morgan fingerprint density at radius 2 is 1.20 bits per heavy atom. The fourth-order valence-corrected chi connectivity index (χ4v) is 11.2. The highest BCUT2D eigenvalue weighted by molar-refractivity contribution is 8.01. The van der Waals surface area contributed by atoms with E-state index in [0.717, 1.165) is 134 Å². The molecule has 64 heavy (non-hydrogen) atoms. The van der Waals surface area contributed by atoms with Crippen LogP contribution in [-0.4, -0.2) is 91.9 Å². The minimum Gasteiger partial charge on any atom is -0.497 e. The van der Waals surface area contributed by atoms with Crippen LogP contribution in [-0.2, 0) is 32.2 Å². The Bertz CT molecular complexity index is 2450. The van der Waals surface area contributed by atoms with Gasteiger partial charge in [-0.2, -0.15) is 0 Å². The molecule has 1 N–H and O–H groups in total. The van der Waals surface area contributed by atoms with E-state index in [9.17, 15) is 19.2 Å². The zero-order valence-corrected chi connectivity index (χ0v) is 40.1. The number of rotatable bonds is 18. The molecule has 3 aromatic heterocycles. The first-order valence-electron chi connectivity index (χ1n) is 22.8. The van der Waals surface area contributed by atoms with Gasteiger partial charge in [0.2, 0.25) is 0 Å². The van der Waals surface area contributed by atoms with Crippen molar-refractivity contribution in [3.63, 3.8) is 0 Å². The van der Waals surface area contributed by atoms with Crippen LogP contribution in [0.4, 0.5) is 0 Å². The molecule has 2 aliphatic heterocycles. The van der Waals surface area contributed by atoms with E-state index >= 15 is 0 Å². The van der Waals surface area contributed by atoms with E-state index in [-0.39, 0.29) is 23.1 Å². The number of hydrogen-bond donors (Lipinski definition) is 1. The van der Waals surface area contributed by atoms with Crippen molar-refractivity contribution in [1.29, 1.82) is 0 Å². The number of carbonyl (C=O) groups is 2.